The van der Waals surface area contributed by atoms with E-state index < -0.39 is 0 Å². The van der Waals surface area contributed by atoms with Gasteiger partial charge in [0.15, 0.2) is 0 Å². The normalized spacial score (nSPS) is 13.7. The Bertz CT molecular complexity index is 941. The van der Waals surface area contributed by atoms with Crippen molar-refractivity contribution in [2.75, 3.05) is 36.5 Å². The van der Waals surface area contributed by atoms with Crippen LogP contribution < -0.4 is 15.5 Å². The first-order chi connectivity index (χ1) is 14.3. The Morgan fingerprint density at radius 2 is 1.90 bits per heavy atom. The van der Waals surface area contributed by atoms with E-state index in [2.05, 4.69) is 37.6 Å². The quantitative estimate of drug-likeness (QED) is 0.675. The predicted molar refractivity (Wildman–Crippen MR) is 112 cm³/mol. The monoisotopic (exact) mass is 389 g/mol. The molecule has 7 heteroatoms. The predicted octanol–water partition coefficient (Wildman–Crippen LogP) is 2.99. The van der Waals surface area contributed by atoms with Crippen LogP contribution in [0.3, 0.4) is 0 Å². The summed E-state index contributed by atoms with van der Waals surface area (Å²) in [5.74, 6) is 0.472. The maximum Gasteiger partial charge on any atom is 0.251 e. The van der Waals surface area contributed by atoms with Crippen molar-refractivity contribution >= 4 is 23.1 Å². The summed E-state index contributed by atoms with van der Waals surface area (Å²) >= 11 is 0. The molecule has 148 valence electrons. The molecule has 2 aromatic heterocycles. The van der Waals surface area contributed by atoms with Gasteiger partial charge in [-0.15, -0.1) is 0 Å². The largest absolute Gasteiger partial charge is 0.378 e. The van der Waals surface area contributed by atoms with Crippen LogP contribution in [0.5, 0.6) is 0 Å². The molecule has 7 nitrogen and oxygen atoms in total. The third kappa shape index (κ3) is 5.08. The van der Waals surface area contributed by atoms with Crippen LogP contribution in [0.2, 0.25) is 0 Å². The fraction of sp³-hybridized carbons (Fsp3) is 0.227. The van der Waals surface area contributed by atoms with Crippen LogP contribution in [0.4, 0.5) is 17.2 Å². The zero-order valence-electron chi connectivity index (χ0n) is 16.0. The molecular weight excluding hydrogens is 366 g/mol. The highest BCUT2D eigenvalue weighted by Gasteiger charge is 2.11. The molecule has 3 heterocycles. The molecule has 1 aliphatic rings. The Balaban J connectivity index is 1.37. The minimum absolute atomic E-state index is 0.151. The van der Waals surface area contributed by atoms with Crippen molar-refractivity contribution in [2.24, 2.45) is 0 Å². The first-order valence-corrected chi connectivity index (χ1v) is 9.61. The van der Waals surface area contributed by atoms with E-state index in [1.54, 1.807) is 30.7 Å². The second-order valence-corrected chi connectivity index (χ2v) is 6.75. The van der Waals surface area contributed by atoms with Crippen LogP contribution in [0, 0.1) is 0 Å². The zero-order valence-corrected chi connectivity index (χ0v) is 16.0. The number of anilines is 3. The Labute approximate surface area is 169 Å². The van der Waals surface area contributed by atoms with Crippen molar-refractivity contribution in [1.29, 1.82) is 0 Å². The highest BCUT2D eigenvalue weighted by Crippen LogP contribution is 2.21. The molecule has 1 saturated heterocycles. The van der Waals surface area contributed by atoms with Gasteiger partial charge in [-0.25, -0.2) is 4.98 Å². The molecule has 0 aliphatic carbocycles. The number of morpholine rings is 1. The van der Waals surface area contributed by atoms with Crippen LogP contribution in [0.15, 0.2) is 67.1 Å². The van der Waals surface area contributed by atoms with Gasteiger partial charge in [0, 0.05) is 55.2 Å². The van der Waals surface area contributed by atoms with Crippen molar-refractivity contribution in [3.05, 3.63) is 78.2 Å². The number of aromatic nitrogens is 2. The number of ether oxygens (including phenoxy) is 1. The molecule has 1 aliphatic heterocycles. The number of hydrogen-bond donors (Lipinski definition) is 2. The molecule has 3 aromatic rings. The van der Waals surface area contributed by atoms with Gasteiger partial charge in [-0.05, 0) is 48.0 Å². The number of pyridine rings is 2. The van der Waals surface area contributed by atoms with E-state index in [9.17, 15) is 4.79 Å². The summed E-state index contributed by atoms with van der Waals surface area (Å²) in [7, 11) is 0. The SMILES string of the molecule is O=C(NCc1cccnc1)c1ccnc(Nc2ccc(N3CCOCC3)cc2)c1. The molecule has 0 unspecified atom stereocenters. The standard InChI is InChI=1S/C22H23N5O2/c28-22(25-16-17-2-1-8-23-15-17)18-7-9-24-21(14-18)26-19-3-5-20(6-4-19)27-10-12-29-13-11-27/h1-9,14-15H,10-13,16H2,(H,24,26)(H,25,28). The number of nitrogens with zero attached hydrogens (tertiary/aromatic N) is 3. The highest BCUT2D eigenvalue weighted by molar-refractivity contribution is 5.94. The molecule has 0 radical (unpaired) electrons. The van der Waals surface area contributed by atoms with Crippen LogP contribution in [0.25, 0.3) is 0 Å². The molecule has 1 fully saturated rings. The van der Waals surface area contributed by atoms with Crippen molar-refractivity contribution in [2.45, 2.75) is 6.54 Å². The molecular formula is C22H23N5O2. The Morgan fingerprint density at radius 3 is 2.66 bits per heavy atom. The van der Waals surface area contributed by atoms with E-state index in [0.29, 0.717) is 17.9 Å². The fourth-order valence-electron chi connectivity index (χ4n) is 3.15. The average molecular weight is 389 g/mol. The second kappa shape index (κ2) is 9.16. The number of benzene rings is 1. The molecule has 2 N–H and O–H groups in total. The molecule has 0 atom stereocenters. The van der Waals surface area contributed by atoms with E-state index >= 15 is 0 Å². The summed E-state index contributed by atoms with van der Waals surface area (Å²) in [5, 5.41) is 6.16. The summed E-state index contributed by atoms with van der Waals surface area (Å²) in [5.41, 5.74) is 3.60. The van der Waals surface area contributed by atoms with Crippen LogP contribution in [0.1, 0.15) is 15.9 Å². The number of carbonyl (C=O) groups excluding carboxylic acids is 1. The molecule has 0 saturated carbocycles. The summed E-state index contributed by atoms with van der Waals surface area (Å²) in [6.45, 7) is 3.77. The lowest BCUT2D eigenvalue weighted by molar-refractivity contribution is 0.0951. The third-order valence-electron chi connectivity index (χ3n) is 4.71. The smallest absolute Gasteiger partial charge is 0.251 e. The highest BCUT2D eigenvalue weighted by atomic mass is 16.5. The second-order valence-electron chi connectivity index (χ2n) is 6.75. The zero-order chi connectivity index (χ0) is 19.9. The molecule has 4 rings (SSSR count). The van der Waals surface area contributed by atoms with E-state index in [1.165, 1.54) is 5.69 Å². The van der Waals surface area contributed by atoms with Gasteiger partial charge in [-0.2, -0.15) is 0 Å². The molecule has 0 spiro atoms. The van der Waals surface area contributed by atoms with E-state index in [-0.39, 0.29) is 5.91 Å². The first kappa shape index (κ1) is 18.9. The number of amides is 1. The molecule has 29 heavy (non-hydrogen) atoms. The summed E-state index contributed by atoms with van der Waals surface area (Å²) in [4.78, 5) is 23.1. The average Bonchev–Trinajstić information content (AvgIpc) is 2.79. The van der Waals surface area contributed by atoms with Gasteiger partial charge in [-0.3, -0.25) is 9.78 Å². The Hall–Kier alpha value is -3.45. The lowest BCUT2D eigenvalue weighted by Gasteiger charge is -2.28. The summed E-state index contributed by atoms with van der Waals surface area (Å²) in [6.07, 6.45) is 5.07. The van der Waals surface area contributed by atoms with Gasteiger partial charge in [0.25, 0.3) is 5.91 Å². The molecule has 0 bridgehead atoms. The first-order valence-electron chi connectivity index (χ1n) is 9.61. The van der Waals surface area contributed by atoms with Gasteiger partial charge >= 0.3 is 0 Å². The fourth-order valence-corrected chi connectivity index (χ4v) is 3.15. The maximum atomic E-state index is 12.4. The minimum atomic E-state index is -0.151. The van der Waals surface area contributed by atoms with Gasteiger partial charge in [0.05, 0.1) is 13.2 Å². The van der Waals surface area contributed by atoms with Crippen molar-refractivity contribution in [1.82, 2.24) is 15.3 Å². The van der Waals surface area contributed by atoms with Gasteiger partial charge in [-0.1, -0.05) is 6.07 Å². The minimum Gasteiger partial charge on any atom is -0.378 e. The molecule has 1 aromatic carbocycles. The number of carbonyl (C=O) groups is 1. The summed E-state index contributed by atoms with van der Waals surface area (Å²) in [6, 6.07) is 15.4. The van der Waals surface area contributed by atoms with Gasteiger partial charge < -0.3 is 20.3 Å². The van der Waals surface area contributed by atoms with Gasteiger partial charge in [0.2, 0.25) is 0 Å². The molecule has 1 amide bonds. The number of hydrogen-bond acceptors (Lipinski definition) is 6. The number of nitrogens with one attached hydrogen (secondary N) is 2. The van der Waals surface area contributed by atoms with Crippen molar-refractivity contribution < 1.29 is 9.53 Å². The van der Waals surface area contributed by atoms with E-state index in [0.717, 1.165) is 37.6 Å². The van der Waals surface area contributed by atoms with Gasteiger partial charge in [0.1, 0.15) is 5.82 Å². The van der Waals surface area contributed by atoms with Crippen molar-refractivity contribution in [3.8, 4) is 0 Å². The van der Waals surface area contributed by atoms with Crippen molar-refractivity contribution in [3.63, 3.8) is 0 Å². The number of rotatable bonds is 6. The van der Waals surface area contributed by atoms with Crippen LogP contribution >= 0.6 is 0 Å². The Morgan fingerprint density at radius 1 is 1.07 bits per heavy atom. The van der Waals surface area contributed by atoms with E-state index in [1.807, 2.05) is 24.3 Å². The van der Waals surface area contributed by atoms with E-state index in [4.69, 9.17) is 4.74 Å². The van der Waals surface area contributed by atoms with Crippen LogP contribution in [-0.4, -0.2) is 42.2 Å². The lowest BCUT2D eigenvalue weighted by Crippen LogP contribution is -2.36. The van der Waals surface area contributed by atoms with Crippen LogP contribution in [-0.2, 0) is 11.3 Å². The lowest BCUT2D eigenvalue weighted by atomic mass is 10.2. The Kier molecular flexibility index (Phi) is 5.97. The third-order valence-corrected chi connectivity index (χ3v) is 4.71. The summed E-state index contributed by atoms with van der Waals surface area (Å²) < 4.78 is 5.40. The topological polar surface area (TPSA) is 79.4 Å². The maximum absolute atomic E-state index is 12.4.